The van der Waals surface area contributed by atoms with Gasteiger partial charge in [0.1, 0.15) is 11.6 Å². The fraction of sp³-hybridized carbons (Fsp3) is 0.931. The Balaban J connectivity index is 1.39. The van der Waals surface area contributed by atoms with Crippen LogP contribution in [-0.4, -0.2) is 88.5 Å². The van der Waals surface area contributed by atoms with Crippen LogP contribution in [0.25, 0.3) is 0 Å². The van der Waals surface area contributed by atoms with Gasteiger partial charge in [-0.25, -0.2) is 4.79 Å². The van der Waals surface area contributed by atoms with Gasteiger partial charge in [0, 0.05) is 13.1 Å². The standard InChI is InChI=1S/C29H50N2O7/c1-19(30-24(34)38-25(2,3)4)23(33)31-15-13-29(14-16-31)17-22-27(7,35-18-29)12-10-21-28(8,37-22)11-9-20(32)26(5,6)36-21/h19-22,32H,9-18H2,1-8H3,(H,30,34)/t19-,20-,21-,22-,27+,28+/m1/s1. The molecule has 2 N–H and O–H groups in total. The smallest absolute Gasteiger partial charge is 0.408 e. The molecule has 4 saturated heterocycles. The highest BCUT2D eigenvalue weighted by molar-refractivity contribution is 5.85. The highest BCUT2D eigenvalue weighted by atomic mass is 16.6. The number of aliphatic hydroxyl groups is 1. The van der Waals surface area contributed by atoms with Crippen LogP contribution < -0.4 is 5.32 Å². The van der Waals surface area contributed by atoms with Crippen molar-refractivity contribution < 1.29 is 33.6 Å². The molecule has 4 rings (SSSR count). The van der Waals surface area contributed by atoms with E-state index in [2.05, 4.69) is 19.2 Å². The van der Waals surface area contributed by atoms with E-state index in [1.54, 1.807) is 27.7 Å². The highest BCUT2D eigenvalue weighted by Crippen LogP contribution is 2.51. The second-order valence-corrected chi connectivity index (χ2v) is 14.2. The minimum absolute atomic E-state index is 0.0522. The molecule has 1 spiro atoms. The third-order valence-corrected chi connectivity index (χ3v) is 9.41. The van der Waals surface area contributed by atoms with Crippen LogP contribution in [0.4, 0.5) is 4.79 Å². The van der Waals surface area contributed by atoms with E-state index in [4.69, 9.17) is 18.9 Å². The number of carbonyl (C=O) groups is 2. The molecule has 0 radical (unpaired) electrons. The number of alkyl carbamates (subject to hydrolysis) is 1. The Labute approximate surface area is 228 Å². The lowest BCUT2D eigenvalue weighted by Crippen LogP contribution is -2.59. The van der Waals surface area contributed by atoms with Crippen LogP contribution in [0.3, 0.4) is 0 Å². The van der Waals surface area contributed by atoms with Gasteiger partial charge < -0.3 is 34.3 Å². The van der Waals surface area contributed by atoms with E-state index < -0.39 is 35.0 Å². The summed E-state index contributed by atoms with van der Waals surface area (Å²) >= 11 is 0. The number of piperidine rings is 1. The lowest BCUT2D eigenvalue weighted by Gasteiger charge is -2.53. The third kappa shape index (κ3) is 6.16. The van der Waals surface area contributed by atoms with E-state index in [0.717, 1.165) is 38.5 Å². The predicted octanol–water partition coefficient (Wildman–Crippen LogP) is 3.94. The molecule has 0 aromatic heterocycles. The Hall–Kier alpha value is -1.42. The van der Waals surface area contributed by atoms with E-state index >= 15 is 0 Å². The van der Waals surface area contributed by atoms with E-state index in [1.165, 1.54) is 0 Å². The van der Waals surface area contributed by atoms with Gasteiger partial charge in [-0.3, -0.25) is 4.79 Å². The number of hydrogen-bond donors (Lipinski definition) is 2. The largest absolute Gasteiger partial charge is 0.444 e. The molecular weight excluding hydrogens is 488 g/mol. The molecule has 4 aliphatic rings. The van der Waals surface area contributed by atoms with Crippen molar-refractivity contribution >= 4 is 12.0 Å². The summed E-state index contributed by atoms with van der Waals surface area (Å²) in [6.45, 7) is 17.2. The molecule has 0 aromatic rings. The van der Waals surface area contributed by atoms with Crippen LogP contribution in [0.5, 0.6) is 0 Å². The molecule has 6 atom stereocenters. The molecule has 218 valence electrons. The number of fused-ring (bicyclic) bond motifs is 2. The summed E-state index contributed by atoms with van der Waals surface area (Å²) in [4.78, 5) is 27.0. The van der Waals surface area contributed by atoms with Crippen LogP contribution in [0.1, 0.15) is 100 Å². The molecule has 0 aromatic carbocycles. The lowest BCUT2D eigenvalue weighted by atomic mass is 9.69. The summed E-state index contributed by atoms with van der Waals surface area (Å²) in [5.41, 5.74) is -2.15. The summed E-state index contributed by atoms with van der Waals surface area (Å²) in [6.07, 6.45) is 4.31. The monoisotopic (exact) mass is 538 g/mol. The van der Waals surface area contributed by atoms with E-state index in [1.807, 2.05) is 18.7 Å². The Morgan fingerprint density at radius 3 is 2.24 bits per heavy atom. The fourth-order valence-electron chi connectivity index (χ4n) is 6.59. The topological polar surface area (TPSA) is 107 Å². The van der Waals surface area contributed by atoms with Gasteiger partial charge in [-0.15, -0.1) is 0 Å². The minimum atomic E-state index is -0.651. The molecule has 0 saturated carbocycles. The van der Waals surface area contributed by atoms with Gasteiger partial charge in [0.15, 0.2) is 0 Å². The Morgan fingerprint density at radius 2 is 1.61 bits per heavy atom. The summed E-state index contributed by atoms with van der Waals surface area (Å²) in [6, 6.07) is -0.651. The Morgan fingerprint density at radius 1 is 0.974 bits per heavy atom. The van der Waals surface area contributed by atoms with Crippen molar-refractivity contribution in [1.82, 2.24) is 10.2 Å². The molecule has 2 amide bonds. The Kier molecular flexibility index (Phi) is 7.94. The average molecular weight is 539 g/mol. The van der Waals surface area contributed by atoms with Gasteiger partial charge in [0.05, 0.1) is 41.7 Å². The first-order valence-corrected chi connectivity index (χ1v) is 14.4. The van der Waals surface area contributed by atoms with Crippen LogP contribution in [0.15, 0.2) is 0 Å². The molecular formula is C29H50N2O7. The van der Waals surface area contributed by atoms with Crippen molar-refractivity contribution in [3.05, 3.63) is 0 Å². The maximum atomic E-state index is 13.1. The second-order valence-electron chi connectivity index (χ2n) is 14.2. The SMILES string of the molecule is C[C@@H](NC(=O)OC(C)(C)C)C(=O)N1CCC2(CC1)CO[C@@]1(C)CC[C@H]3OC(C)(C)[C@H](O)CC[C@]3(C)O[C@@H]1C2. The summed E-state index contributed by atoms with van der Waals surface area (Å²) in [5.74, 6) is -0.0925. The molecule has 4 fully saturated rings. The second kappa shape index (κ2) is 10.2. The zero-order valence-electron chi connectivity index (χ0n) is 24.7. The van der Waals surface area contributed by atoms with Gasteiger partial charge in [0.25, 0.3) is 0 Å². The molecule has 4 heterocycles. The van der Waals surface area contributed by atoms with Gasteiger partial charge in [-0.1, -0.05) is 0 Å². The van der Waals surface area contributed by atoms with Crippen molar-refractivity contribution in [3.8, 4) is 0 Å². The maximum Gasteiger partial charge on any atom is 0.408 e. The quantitative estimate of drug-likeness (QED) is 0.548. The molecule has 0 unspecified atom stereocenters. The van der Waals surface area contributed by atoms with Gasteiger partial charge in [-0.05, 0) is 106 Å². The number of nitrogens with zero attached hydrogens (tertiary/aromatic N) is 1. The third-order valence-electron chi connectivity index (χ3n) is 9.41. The number of nitrogens with one attached hydrogen (secondary N) is 1. The van der Waals surface area contributed by atoms with Crippen LogP contribution in [0.2, 0.25) is 0 Å². The van der Waals surface area contributed by atoms with Crippen LogP contribution in [-0.2, 0) is 23.7 Å². The summed E-state index contributed by atoms with van der Waals surface area (Å²) < 4.78 is 25.4. The molecule has 0 bridgehead atoms. The van der Waals surface area contributed by atoms with Crippen molar-refractivity contribution in [2.45, 2.75) is 147 Å². The predicted molar refractivity (Wildman–Crippen MR) is 143 cm³/mol. The maximum absolute atomic E-state index is 13.1. The summed E-state index contributed by atoms with van der Waals surface area (Å²) in [7, 11) is 0. The van der Waals surface area contributed by atoms with Crippen molar-refractivity contribution in [2.24, 2.45) is 5.41 Å². The van der Waals surface area contributed by atoms with Gasteiger partial charge in [-0.2, -0.15) is 0 Å². The molecule has 38 heavy (non-hydrogen) atoms. The number of likely N-dealkylation sites (tertiary alicyclic amines) is 1. The van der Waals surface area contributed by atoms with Gasteiger partial charge in [0.2, 0.25) is 5.91 Å². The Bertz CT molecular complexity index is 894. The van der Waals surface area contributed by atoms with Crippen LogP contribution >= 0.6 is 0 Å². The number of hydrogen-bond acceptors (Lipinski definition) is 7. The number of carbonyl (C=O) groups excluding carboxylic acids is 2. The van der Waals surface area contributed by atoms with E-state index in [0.29, 0.717) is 26.1 Å². The van der Waals surface area contributed by atoms with Crippen LogP contribution in [0, 0.1) is 5.41 Å². The normalized spacial score (nSPS) is 37.7. The van der Waals surface area contributed by atoms with Crippen molar-refractivity contribution in [3.63, 3.8) is 0 Å². The van der Waals surface area contributed by atoms with Crippen molar-refractivity contribution in [1.29, 1.82) is 0 Å². The molecule has 4 aliphatic heterocycles. The molecule has 9 heteroatoms. The zero-order chi connectivity index (χ0) is 28.1. The van der Waals surface area contributed by atoms with E-state index in [-0.39, 0.29) is 29.1 Å². The first-order chi connectivity index (χ1) is 17.5. The highest BCUT2D eigenvalue weighted by Gasteiger charge is 2.56. The van der Waals surface area contributed by atoms with Crippen molar-refractivity contribution in [2.75, 3.05) is 19.7 Å². The van der Waals surface area contributed by atoms with E-state index in [9.17, 15) is 14.7 Å². The first kappa shape index (κ1) is 29.6. The lowest BCUT2D eigenvalue weighted by molar-refractivity contribution is -0.250. The number of ether oxygens (including phenoxy) is 4. The zero-order valence-corrected chi connectivity index (χ0v) is 24.7. The summed E-state index contributed by atoms with van der Waals surface area (Å²) in [5, 5.41) is 13.3. The van der Waals surface area contributed by atoms with Gasteiger partial charge >= 0.3 is 6.09 Å². The first-order valence-electron chi connectivity index (χ1n) is 14.4. The number of rotatable bonds is 2. The molecule has 0 aliphatic carbocycles. The average Bonchev–Trinajstić information content (AvgIpc) is 2.96. The number of aliphatic hydroxyl groups excluding tert-OH is 1. The minimum Gasteiger partial charge on any atom is -0.444 e. The fourth-order valence-corrected chi connectivity index (χ4v) is 6.59. The molecule has 9 nitrogen and oxygen atoms in total. The number of amides is 2.